The van der Waals surface area contributed by atoms with Crippen molar-refractivity contribution in [3.8, 4) is 11.3 Å². The second kappa shape index (κ2) is 8.98. The fourth-order valence-corrected chi connectivity index (χ4v) is 3.15. The molecule has 180 valence electrons. The van der Waals surface area contributed by atoms with Crippen LogP contribution >= 0.6 is 0 Å². The van der Waals surface area contributed by atoms with Crippen molar-refractivity contribution in [2.24, 2.45) is 0 Å². The smallest absolute Gasteiger partial charge is 0.478 e. The molecule has 0 saturated heterocycles. The Labute approximate surface area is 191 Å². The Hall–Kier alpha value is -3.60. The van der Waals surface area contributed by atoms with Crippen molar-refractivity contribution in [1.82, 2.24) is 10.3 Å². The van der Waals surface area contributed by atoms with E-state index in [9.17, 15) is 37.1 Å². The van der Waals surface area contributed by atoms with E-state index in [0.717, 1.165) is 18.2 Å². The number of rotatable bonds is 5. The van der Waals surface area contributed by atoms with Crippen molar-refractivity contribution >= 4 is 5.91 Å². The average Bonchev–Trinajstić information content (AvgIpc) is 2.71. The fourth-order valence-electron chi connectivity index (χ4n) is 3.15. The number of halogens is 5. The maximum Gasteiger partial charge on any atom is 0.478 e. The lowest BCUT2D eigenvalue weighted by molar-refractivity contribution is -0.629. The number of hydrogen-bond acceptors (Lipinski definition) is 4. The van der Waals surface area contributed by atoms with Gasteiger partial charge in [0.1, 0.15) is 17.2 Å². The molecule has 0 radical (unpaired) electrons. The highest BCUT2D eigenvalue weighted by Crippen LogP contribution is 2.29. The molecule has 0 bridgehead atoms. The normalized spacial score (nSPS) is 13.0. The first-order valence-electron chi connectivity index (χ1n) is 9.98. The molecule has 0 spiro atoms. The number of aromatic nitrogens is 2. The predicted octanol–water partition coefficient (Wildman–Crippen LogP) is 4.40. The molecule has 1 unspecified atom stereocenters. The quantitative estimate of drug-likeness (QED) is 0.321. The van der Waals surface area contributed by atoms with Gasteiger partial charge in [0.25, 0.3) is 11.6 Å². The van der Waals surface area contributed by atoms with Gasteiger partial charge in [-0.15, -0.1) is 0 Å². The standard InChI is InChI=1S/C23H20F5N3O3/c1-12(13-4-7-20(23(26,27)28)31(34)11-13)29-21(32)14-8-18(30-19(9-14)22(2,3)33)16-6-5-15(24)10-17(16)25/h4-12,33H,1-3H3,(H,29,32). The van der Waals surface area contributed by atoms with Gasteiger partial charge < -0.3 is 15.6 Å². The Morgan fingerprint density at radius 3 is 2.35 bits per heavy atom. The van der Waals surface area contributed by atoms with Crippen LogP contribution in [0.15, 0.2) is 48.7 Å². The average molecular weight is 481 g/mol. The summed E-state index contributed by atoms with van der Waals surface area (Å²) in [7, 11) is 0. The van der Waals surface area contributed by atoms with Crippen LogP contribution in [0.25, 0.3) is 11.3 Å². The monoisotopic (exact) mass is 481 g/mol. The molecule has 11 heteroatoms. The summed E-state index contributed by atoms with van der Waals surface area (Å²) < 4.78 is 65.7. The van der Waals surface area contributed by atoms with Crippen molar-refractivity contribution < 1.29 is 36.6 Å². The molecule has 3 rings (SSSR count). The number of amides is 1. The first kappa shape index (κ1) is 25.0. The molecule has 0 aliphatic carbocycles. The van der Waals surface area contributed by atoms with E-state index >= 15 is 0 Å². The number of nitrogens with zero attached hydrogens (tertiary/aromatic N) is 2. The molecular weight excluding hydrogens is 461 g/mol. The van der Waals surface area contributed by atoms with E-state index in [-0.39, 0.29) is 32.8 Å². The summed E-state index contributed by atoms with van der Waals surface area (Å²) >= 11 is 0. The molecule has 1 aromatic carbocycles. The minimum Gasteiger partial charge on any atom is -0.618 e. The number of hydrogen-bond donors (Lipinski definition) is 2. The largest absolute Gasteiger partial charge is 0.618 e. The zero-order chi connectivity index (χ0) is 25.4. The highest BCUT2D eigenvalue weighted by atomic mass is 19.4. The maximum atomic E-state index is 14.3. The van der Waals surface area contributed by atoms with Gasteiger partial charge in [-0.2, -0.15) is 17.9 Å². The number of carbonyl (C=O) groups is 1. The van der Waals surface area contributed by atoms with E-state index in [2.05, 4.69) is 10.3 Å². The number of alkyl halides is 3. The Morgan fingerprint density at radius 2 is 1.79 bits per heavy atom. The van der Waals surface area contributed by atoms with Gasteiger partial charge in [-0.25, -0.2) is 13.8 Å². The molecule has 0 fully saturated rings. The molecule has 1 atom stereocenters. The van der Waals surface area contributed by atoms with Crippen LogP contribution in [0.4, 0.5) is 22.0 Å². The number of aliphatic hydroxyl groups is 1. The number of carbonyl (C=O) groups excluding carboxylic acids is 1. The van der Waals surface area contributed by atoms with Crippen molar-refractivity contribution in [3.63, 3.8) is 0 Å². The Bertz CT molecular complexity index is 1240. The SMILES string of the molecule is CC(NC(=O)c1cc(-c2ccc(F)cc2F)nc(C(C)(C)O)c1)c1ccc(C(F)(F)F)[n+]([O-])c1. The second-order valence-corrected chi connectivity index (χ2v) is 8.18. The minimum absolute atomic E-state index is 0.0264. The van der Waals surface area contributed by atoms with Gasteiger partial charge >= 0.3 is 6.18 Å². The van der Waals surface area contributed by atoms with Gasteiger partial charge in [0, 0.05) is 28.8 Å². The second-order valence-electron chi connectivity index (χ2n) is 8.18. The molecule has 6 nitrogen and oxygen atoms in total. The first-order valence-corrected chi connectivity index (χ1v) is 9.98. The van der Waals surface area contributed by atoms with Crippen molar-refractivity contribution in [3.05, 3.63) is 88.0 Å². The molecule has 34 heavy (non-hydrogen) atoms. The molecule has 2 heterocycles. The third-order valence-electron chi connectivity index (χ3n) is 5.00. The lowest BCUT2D eigenvalue weighted by Gasteiger charge is -2.20. The Kier molecular flexibility index (Phi) is 6.61. The topological polar surface area (TPSA) is 89.2 Å². The minimum atomic E-state index is -4.83. The Morgan fingerprint density at radius 1 is 1.12 bits per heavy atom. The number of pyridine rings is 2. The molecule has 0 aliphatic rings. The summed E-state index contributed by atoms with van der Waals surface area (Å²) in [5.74, 6) is -2.45. The number of nitrogens with one attached hydrogen (secondary N) is 1. The summed E-state index contributed by atoms with van der Waals surface area (Å²) in [5.41, 5.74) is -2.97. The van der Waals surface area contributed by atoms with Gasteiger partial charge in [0.05, 0.1) is 17.4 Å². The van der Waals surface area contributed by atoms with E-state index in [0.29, 0.717) is 18.3 Å². The molecule has 0 aliphatic heterocycles. The molecule has 3 aromatic rings. The van der Waals surface area contributed by atoms with Crippen LogP contribution in [0.2, 0.25) is 0 Å². The zero-order valence-corrected chi connectivity index (χ0v) is 18.2. The third-order valence-corrected chi connectivity index (χ3v) is 5.00. The first-order chi connectivity index (χ1) is 15.7. The maximum absolute atomic E-state index is 14.3. The van der Waals surface area contributed by atoms with Crippen LogP contribution in [0.3, 0.4) is 0 Å². The lowest BCUT2D eigenvalue weighted by Crippen LogP contribution is -2.38. The van der Waals surface area contributed by atoms with Gasteiger partial charge in [-0.05, 0) is 51.1 Å². The third kappa shape index (κ3) is 5.48. The summed E-state index contributed by atoms with van der Waals surface area (Å²) in [6.07, 6.45) is -4.12. The van der Waals surface area contributed by atoms with Crippen LogP contribution in [0, 0.1) is 16.8 Å². The van der Waals surface area contributed by atoms with Crippen LogP contribution in [0.5, 0.6) is 0 Å². The highest BCUT2D eigenvalue weighted by Gasteiger charge is 2.39. The van der Waals surface area contributed by atoms with Crippen molar-refractivity contribution in [2.75, 3.05) is 0 Å². The summed E-state index contributed by atoms with van der Waals surface area (Å²) in [5, 5.41) is 24.7. The van der Waals surface area contributed by atoms with Crippen LogP contribution in [-0.4, -0.2) is 16.0 Å². The summed E-state index contributed by atoms with van der Waals surface area (Å²) in [6.45, 7) is 4.26. The highest BCUT2D eigenvalue weighted by molar-refractivity contribution is 5.95. The van der Waals surface area contributed by atoms with Crippen LogP contribution in [-0.2, 0) is 11.8 Å². The van der Waals surface area contributed by atoms with E-state index < -0.39 is 41.1 Å². The molecule has 0 saturated carbocycles. The molecule has 2 N–H and O–H groups in total. The van der Waals surface area contributed by atoms with Crippen LogP contribution < -0.4 is 10.0 Å². The predicted molar refractivity (Wildman–Crippen MR) is 111 cm³/mol. The van der Waals surface area contributed by atoms with Gasteiger partial charge in [-0.3, -0.25) is 4.79 Å². The van der Waals surface area contributed by atoms with Gasteiger partial charge in [0.2, 0.25) is 0 Å². The van der Waals surface area contributed by atoms with E-state index in [1.54, 1.807) is 0 Å². The lowest BCUT2D eigenvalue weighted by atomic mass is 9.99. The molecule has 1 amide bonds. The summed E-state index contributed by atoms with van der Waals surface area (Å²) in [6, 6.07) is 6.11. The van der Waals surface area contributed by atoms with Crippen molar-refractivity contribution in [1.29, 1.82) is 0 Å². The molecular formula is C23H20F5N3O3. The fraction of sp³-hybridized carbons (Fsp3) is 0.261. The van der Waals surface area contributed by atoms with Crippen molar-refractivity contribution in [2.45, 2.75) is 38.6 Å². The Balaban J connectivity index is 1.95. The molecule has 2 aromatic heterocycles. The zero-order valence-electron chi connectivity index (χ0n) is 18.2. The van der Waals surface area contributed by atoms with Gasteiger partial charge in [0.15, 0.2) is 6.20 Å². The van der Waals surface area contributed by atoms with E-state index in [1.807, 2.05) is 0 Å². The van der Waals surface area contributed by atoms with Crippen LogP contribution in [0.1, 0.15) is 54.1 Å². The van der Waals surface area contributed by atoms with Gasteiger partial charge in [-0.1, -0.05) is 0 Å². The number of benzene rings is 1. The van der Waals surface area contributed by atoms with E-state index in [4.69, 9.17) is 0 Å². The summed E-state index contributed by atoms with van der Waals surface area (Å²) in [4.78, 5) is 17.1. The van der Waals surface area contributed by atoms with E-state index in [1.165, 1.54) is 32.9 Å².